The van der Waals surface area contributed by atoms with Crippen LogP contribution >= 0.6 is 0 Å². The van der Waals surface area contributed by atoms with Crippen LogP contribution in [0.5, 0.6) is 0 Å². The molecule has 0 bridgehead atoms. The summed E-state index contributed by atoms with van der Waals surface area (Å²) < 4.78 is 0. The van der Waals surface area contributed by atoms with Crippen LogP contribution in [0.1, 0.15) is 33.1 Å². The molecule has 1 rings (SSSR count). The minimum atomic E-state index is -0.255. The van der Waals surface area contributed by atoms with E-state index in [1.807, 2.05) is 6.92 Å². The average Bonchev–Trinajstić information content (AvgIpc) is 2.82. The molecule has 3 heteroatoms. The van der Waals surface area contributed by atoms with Gasteiger partial charge in [-0.25, -0.2) is 0 Å². The highest BCUT2D eigenvalue weighted by Gasteiger charge is 2.31. The molecule has 1 fully saturated rings. The molecule has 0 heterocycles. The summed E-state index contributed by atoms with van der Waals surface area (Å²) in [5.74, 6) is 0.533. The Labute approximate surface area is 73.7 Å². The number of primary amides is 1. The van der Waals surface area contributed by atoms with Crippen LogP contribution in [0.2, 0.25) is 0 Å². The number of hydrogen-bond donors (Lipinski definition) is 2. The van der Waals surface area contributed by atoms with Gasteiger partial charge in [0.05, 0.1) is 6.04 Å². The molecule has 0 saturated heterocycles. The Morgan fingerprint density at radius 1 is 1.67 bits per heavy atom. The maximum absolute atomic E-state index is 10.8. The molecule has 12 heavy (non-hydrogen) atoms. The predicted octanol–water partition coefficient (Wildman–Crippen LogP) is 0.638. The summed E-state index contributed by atoms with van der Waals surface area (Å²) in [6.07, 6.45) is 3.69. The third-order valence-corrected chi connectivity index (χ3v) is 2.52. The first kappa shape index (κ1) is 9.52. The highest BCUT2D eigenvalue weighted by atomic mass is 16.1. The maximum atomic E-state index is 10.8. The lowest BCUT2D eigenvalue weighted by atomic mass is 10.1. The number of rotatable bonds is 5. The van der Waals surface area contributed by atoms with E-state index in [2.05, 4.69) is 12.2 Å². The summed E-state index contributed by atoms with van der Waals surface area (Å²) in [6.45, 7) is 3.97. The second-order valence-corrected chi connectivity index (χ2v) is 3.64. The zero-order valence-electron chi connectivity index (χ0n) is 7.84. The molecule has 1 aliphatic rings. The van der Waals surface area contributed by atoms with Crippen molar-refractivity contribution in [3.05, 3.63) is 0 Å². The van der Waals surface area contributed by atoms with Gasteiger partial charge in [0.2, 0.25) is 5.91 Å². The molecule has 0 radical (unpaired) electrons. The lowest BCUT2D eigenvalue weighted by Gasteiger charge is -2.19. The zero-order valence-corrected chi connectivity index (χ0v) is 7.84. The van der Waals surface area contributed by atoms with E-state index in [1.54, 1.807) is 0 Å². The van der Waals surface area contributed by atoms with E-state index in [0.29, 0.717) is 6.04 Å². The van der Waals surface area contributed by atoms with Crippen LogP contribution in [0, 0.1) is 5.92 Å². The molecule has 1 saturated carbocycles. The van der Waals surface area contributed by atoms with E-state index < -0.39 is 0 Å². The van der Waals surface area contributed by atoms with Crippen molar-refractivity contribution in [1.29, 1.82) is 0 Å². The van der Waals surface area contributed by atoms with Gasteiger partial charge in [-0.3, -0.25) is 4.79 Å². The van der Waals surface area contributed by atoms with Crippen molar-refractivity contribution in [2.45, 2.75) is 45.2 Å². The van der Waals surface area contributed by atoms with Crippen molar-refractivity contribution in [3.63, 3.8) is 0 Å². The van der Waals surface area contributed by atoms with Crippen molar-refractivity contribution in [2.75, 3.05) is 0 Å². The van der Waals surface area contributed by atoms with Crippen molar-refractivity contribution >= 4 is 5.91 Å². The van der Waals surface area contributed by atoms with Gasteiger partial charge in [0.1, 0.15) is 0 Å². The van der Waals surface area contributed by atoms with Crippen molar-refractivity contribution in [1.82, 2.24) is 5.32 Å². The highest BCUT2D eigenvalue weighted by molar-refractivity contribution is 5.79. The summed E-state index contributed by atoms with van der Waals surface area (Å²) >= 11 is 0. The van der Waals surface area contributed by atoms with Gasteiger partial charge in [-0.1, -0.05) is 6.92 Å². The van der Waals surface area contributed by atoms with Gasteiger partial charge in [0.25, 0.3) is 0 Å². The molecule has 2 unspecified atom stereocenters. The summed E-state index contributed by atoms with van der Waals surface area (Å²) in [6, 6.07) is 0.308. The Bertz CT molecular complexity index is 166. The molecule has 1 aliphatic carbocycles. The van der Waals surface area contributed by atoms with Crippen LogP contribution in [0.25, 0.3) is 0 Å². The molecule has 3 N–H and O–H groups in total. The molecule has 0 aromatic heterocycles. The predicted molar refractivity (Wildman–Crippen MR) is 48.6 cm³/mol. The summed E-state index contributed by atoms with van der Waals surface area (Å²) in [5.41, 5.74) is 5.16. The average molecular weight is 170 g/mol. The molecule has 0 spiro atoms. The molecule has 1 amide bonds. The van der Waals surface area contributed by atoms with Crippen molar-refractivity contribution in [3.8, 4) is 0 Å². The normalized spacial score (nSPS) is 21.8. The molecular formula is C9H18N2O. The smallest absolute Gasteiger partial charge is 0.234 e. The minimum absolute atomic E-state index is 0.185. The Morgan fingerprint density at radius 2 is 2.25 bits per heavy atom. The first-order valence-electron chi connectivity index (χ1n) is 4.70. The summed E-state index contributed by atoms with van der Waals surface area (Å²) in [7, 11) is 0. The van der Waals surface area contributed by atoms with E-state index >= 15 is 0 Å². The second kappa shape index (κ2) is 3.90. The van der Waals surface area contributed by atoms with Crippen LogP contribution in [0.3, 0.4) is 0 Å². The van der Waals surface area contributed by atoms with Crippen molar-refractivity contribution < 1.29 is 4.79 Å². The third kappa shape index (κ3) is 2.48. The Kier molecular flexibility index (Phi) is 3.09. The lowest BCUT2D eigenvalue weighted by Crippen LogP contribution is -2.45. The SMILES string of the molecule is CCC(NC(C)C(N)=O)C1CC1. The van der Waals surface area contributed by atoms with E-state index in [9.17, 15) is 4.79 Å². The minimum Gasteiger partial charge on any atom is -0.368 e. The number of nitrogens with one attached hydrogen (secondary N) is 1. The van der Waals surface area contributed by atoms with Crippen molar-refractivity contribution in [2.24, 2.45) is 11.7 Å². The second-order valence-electron chi connectivity index (χ2n) is 3.64. The number of nitrogens with two attached hydrogens (primary N) is 1. The fourth-order valence-electron chi connectivity index (χ4n) is 1.49. The van der Waals surface area contributed by atoms with Crippen LogP contribution in [0.15, 0.2) is 0 Å². The van der Waals surface area contributed by atoms with Gasteiger partial charge in [-0.2, -0.15) is 0 Å². The van der Waals surface area contributed by atoms with Crippen LogP contribution in [-0.2, 0) is 4.79 Å². The largest absolute Gasteiger partial charge is 0.368 e. The fraction of sp³-hybridized carbons (Fsp3) is 0.889. The van der Waals surface area contributed by atoms with Gasteiger partial charge in [-0.15, -0.1) is 0 Å². The number of carbonyl (C=O) groups excluding carboxylic acids is 1. The third-order valence-electron chi connectivity index (χ3n) is 2.52. The zero-order chi connectivity index (χ0) is 9.14. The summed E-state index contributed by atoms with van der Waals surface area (Å²) in [4.78, 5) is 10.8. The molecule has 70 valence electrons. The van der Waals surface area contributed by atoms with E-state index in [1.165, 1.54) is 12.8 Å². The van der Waals surface area contributed by atoms with Gasteiger partial charge < -0.3 is 11.1 Å². The Balaban J connectivity index is 2.30. The van der Waals surface area contributed by atoms with E-state index in [4.69, 9.17) is 5.73 Å². The molecular weight excluding hydrogens is 152 g/mol. The molecule has 3 nitrogen and oxygen atoms in total. The Morgan fingerprint density at radius 3 is 2.58 bits per heavy atom. The fourth-order valence-corrected chi connectivity index (χ4v) is 1.49. The monoisotopic (exact) mass is 170 g/mol. The molecule has 0 aromatic rings. The highest BCUT2D eigenvalue weighted by Crippen LogP contribution is 2.33. The van der Waals surface area contributed by atoms with E-state index in [-0.39, 0.29) is 11.9 Å². The number of carbonyl (C=O) groups is 1. The Hall–Kier alpha value is -0.570. The quantitative estimate of drug-likeness (QED) is 0.636. The number of hydrogen-bond acceptors (Lipinski definition) is 2. The van der Waals surface area contributed by atoms with Crippen LogP contribution in [0.4, 0.5) is 0 Å². The van der Waals surface area contributed by atoms with Crippen LogP contribution in [-0.4, -0.2) is 18.0 Å². The van der Waals surface area contributed by atoms with Gasteiger partial charge in [0.15, 0.2) is 0 Å². The summed E-state index contributed by atoms with van der Waals surface area (Å²) in [5, 5.41) is 3.25. The first-order valence-corrected chi connectivity index (χ1v) is 4.70. The van der Waals surface area contributed by atoms with Gasteiger partial charge in [0, 0.05) is 6.04 Å². The van der Waals surface area contributed by atoms with Gasteiger partial charge >= 0.3 is 0 Å². The molecule has 0 aromatic carbocycles. The van der Waals surface area contributed by atoms with Gasteiger partial charge in [-0.05, 0) is 32.1 Å². The molecule has 2 atom stereocenters. The van der Waals surface area contributed by atoms with Crippen LogP contribution < -0.4 is 11.1 Å². The maximum Gasteiger partial charge on any atom is 0.234 e. The van der Waals surface area contributed by atoms with E-state index in [0.717, 1.165) is 12.3 Å². The lowest BCUT2D eigenvalue weighted by molar-refractivity contribution is -0.119. The molecule has 0 aliphatic heterocycles. The first-order chi connectivity index (χ1) is 5.65. The number of amides is 1. The standard InChI is InChI=1S/C9H18N2O/c1-3-8(7-4-5-7)11-6(2)9(10)12/h6-8,11H,3-5H2,1-2H3,(H2,10,12). The topological polar surface area (TPSA) is 55.1 Å².